The number of piperidine rings is 1. The van der Waals surface area contributed by atoms with Crippen LogP contribution < -0.4 is 21.3 Å². The molecule has 2 heterocycles. The molecule has 7 amide bonds. The summed E-state index contributed by atoms with van der Waals surface area (Å²) in [6.45, 7) is 25.7. The number of likely N-dealkylation sites (tertiary alicyclic amines) is 2. The number of carbonyl (C=O) groups excluding carboxylic acids is 6. The Kier molecular flexibility index (Phi) is 23.2. The molecule has 0 aliphatic carbocycles. The summed E-state index contributed by atoms with van der Waals surface area (Å²) >= 11 is 0. The van der Waals surface area contributed by atoms with Gasteiger partial charge in [-0.1, -0.05) is 103 Å². The number of urea groups is 1. The average Bonchev–Trinajstić information content (AvgIpc) is 3.49. The Bertz CT molecular complexity index is 1110. The van der Waals surface area contributed by atoms with Gasteiger partial charge < -0.3 is 31.3 Å². The van der Waals surface area contributed by atoms with E-state index in [0.29, 0.717) is 32.2 Å². The highest BCUT2D eigenvalue weighted by atomic mass is 16.3. The van der Waals surface area contributed by atoms with E-state index in [2.05, 4.69) is 62.5 Å². The summed E-state index contributed by atoms with van der Waals surface area (Å²) < 4.78 is 0. The van der Waals surface area contributed by atoms with Gasteiger partial charge in [-0.25, -0.2) is 4.79 Å². The molecule has 0 aromatic rings. The zero-order chi connectivity index (χ0) is 38.8. The molecule has 5 N–H and O–H groups in total. The van der Waals surface area contributed by atoms with E-state index in [1.807, 2.05) is 41.5 Å². The van der Waals surface area contributed by atoms with Gasteiger partial charge in [-0.3, -0.25) is 28.9 Å². The van der Waals surface area contributed by atoms with Crippen LogP contribution in [0.1, 0.15) is 129 Å². The van der Waals surface area contributed by atoms with Gasteiger partial charge in [-0.15, -0.1) is 6.58 Å². The molecule has 2 rings (SSSR count). The van der Waals surface area contributed by atoms with Gasteiger partial charge >= 0.3 is 6.03 Å². The van der Waals surface area contributed by atoms with E-state index in [-0.39, 0.29) is 51.7 Å². The third kappa shape index (κ3) is 18.5. The van der Waals surface area contributed by atoms with Crippen molar-refractivity contribution in [3.05, 3.63) is 12.7 Å². The van der Waals surface area contributed by atoms with E-state index in [1.54, 1.807) is 0 Å². The van der Waals surface area contributed by atoms with E-state index >= 15 is 0 Å². The van der Waals surface area contributed by atoms with Crippen molar-refractivity contribution in [1.82, 2.24) is 31.1 Å². The molecule has 51 heavy (non-hydrogen) atoms. The summed E-state index contributed by atoms with van der Waals surface area (Å²) in [7, 11) is 0. The number of amides is 7. The molecule has 0 spiro atoms. The molecule has 296 valence electrons. The molecule has 13 heteroatoms. The van der Waals surface area contributed by atoms with Crippen LogP contribution in [0, 0.1) is 16.7 Å². The Labute approximate surface area is 308 Å². The second-order valence-corrected chi connectivity index (χ2v) is 15.7. The maximum atomic E-state index is 13.1. The average molecular weight is 725 g/mol. The minimum atomic E-state index is -1.46. The fourth-order valence-corrected chi connectivity index (χ4v) is 5.30. The first-order chi connectivity index (χ1) is 23.1. The van der Waals surface area contributed by atoms with E-state index in [4.69, 9.17) is 0 Å². The molecular weight excluding hydrogens is 652 g/mol. The lowest BCUT2D eigenvalue weighted by molar-refractivity contribution is -0.153. The molecule has 4 unspecified atom stereocenters. The first-order valence-corrected chi connectivity index (χ1v) is 18.2. The third-order valence-electron chi connectivity index (χ3n) is 7.85. The topological polar surface area (TPSA) is 177 Å². The SMILES string of the molecule is C.C=CCNC(=O)C(O)C(CCC)NC(=O)C1CCCN1C(=O)CNC(=O)NC(CN1C(=O)CC(C)(C)CC1=O)C(C)(C)C.CC(C)C.CCC. The monoisotopic (exact) mass is 725 g/mol. The number of nitrogens with one attached hydrogen (secondary N) is 4. The minimum absolute atomic E-state index is 0. The van der Waals surface area contributed by atoms with Crippen molar-refractivity contribution in [1.29, 1.82) is 0 Å². The summed E-state index contributed by atoms with van der Waals surface area (Å²) in [6, 6.07) is -2.85. The van der Waals surface area contributed by atoms with Crippen LogP contribution in [-0.2, 0) is 24.0 Å². The normalized spacial score (nSPS) is 18.4. The van der Waals surface area contributed by atoms with Crippen LogP contribution in [0.5, 0.6) is 0 Å². The number of nitrogens with zero attached hydrogens (tertiary/aromatic N) is 2. The number of rotatable bonds is 13. The van der Waals surface area contributed by atoms with Gasteiger partial charge in [0.2, 0.25) is 23.6 Å². The zero-order valence-electron chi connectivity index (χ0n) is 32.7. The van der Waals surface area contributed by atoms with Crippen LogP contribution in [0.3, 0.4) is 0 Å². The lowest BCUT2D eigenvalue weighted by Gasteiger charge is -2.39. The predicted octanol–water partition coefficient (Wildman–Crippen LogP) is 4.53. The summed E-state index contributed by atoms with van der Waals surface area (Å²) in [5.74, 6) is -1.29. The lowest BCUT2D eigenvalue weighted by Crippen LogP contribution is -2.58. The molecule has 4 atom stereocenters. The zero-order valence-corrected chi connectivity index (χ0v) is 32.7. The van der Waals surface area contributed by atoms with E-state index in [9.17, 15) is 33.9 Å². The molecular formula is C38H72N6O7. The highest BCUT2D eigenvalue weighted by molar-refractivity contribution is 5.98. The van der Waals surface area contributed by atoms with E-state index in [1.165, 1.54) is 22.3 Å². The Morgan fingerprint density at radius 1 is 1.00 bits per heavy atom. The minimum Gasteiger partial charge on any atom is -0.381 e. The van der Waals surface area contributed by atoms with Gasteiger partial charge in [0.1, 0.15) is 6.04 Å². The predicted molar refractivity (Wildman–Crippen MR) is 204 cm³/mol. The van der Waals surface area contributed by atoms with Crippen molar-refractivity contribution in [2.24, 2.45) is 16.7 Å². The summed E-state index contributed by atoms with van der Waals surface area (Å²) in [5, 5.41) is 21.1. The van der Waals surface area contributed by atoms with Crippen LogP contribution >= 0.6 is 0 Å². The van der Waals surface area contributed by atoms with Gasteiger partial charge in [0.15, 0.2) is 6.10 Å². The fraction of sp³-hybridized carbons (Fsp3) is 0.789. The summed E-state index contributed by atoms with van der Waals surface area (Å²) in [5.41, 5.74) is -0.913. The van der Waals surface area contributed by atoms with Crippen LogP contribution in [0.4, 0.5) is 4.79 Å². The number of aliphatic hydroxyl groups is 1. The largest absolute Gasteiger partial charge is 0.381 e. The van der Waals surface area contributed by atoms with Crippen molar-refractivity contribution >= 4 is 35.6 Å². The Morgan fingerprint density at radius 3 is 2.00 bits per heavy atom. The molecule has 13 nitrogen and oxygen atoms in total. The maximum Gasteiger partial charge on any atom is 0.315 e. The Balaban J connectivity index is 0. The van der Waals surface area contributed by atoms with E-state index < -0.39 is 58.8 Å². The lowest BCUT2D eigenvalue weighted by atomic mass is 9.80. The smallest absolute Gasteiger partial charge is 0.315 e. The summed E-state index contributed by atoms with van der Waals surface area (Å²) in [4.78, 5) is 79.3. The van der Waals surface area contributed by atoms with Crippen LogP contribution in [-0.4, -0.2) is 101 Å². The first kappa shape index (κ1) is 49.6. The first-order valence-electron chi connectivity index (χ1n) is 18.2. The molecule has 2 saturated heterocycles. The number of carbonyl (C=O) groups is 6. The number of hydrogen-bond donors (Lipinski definition) is 5. The molecule has 0 aromatic heterocycles. The molecule has 2 aliphatic rings. The van der Waals surface area contributed by atoms with Crippen LogP contribution in [0.2, 0.25) is 0 Å². The highest BCUT2D eigenvalue weighted by Crippen LogP contribution is 2.32. The van der Waals surface area contributed by atoms with Crippen molar-refractivity contribution in [2.45, 2.75) is 153 Å². The summed E-state index contributed by atoms with van der Waals surface area (Å²) in [6.07, 6.45) is 3.70. The molecule has 2 aliphatic heterocycles. The maximum absolute atomic E-state index is 13.1. The van der Waals surface area contributed by atoms with Crippen molar-refractivity contribution < 1.29 is 33.9 Å². The van der Waals surface area contributed by atoms with Gasteiger partial charge in [0.05, 0.1) is 18.6 Å². The van der Waals surface area contributed by atoms with Crippen LogP contribution in [0.15, 0.2) is 12.7 Å². The Morgan fingerprint density at radius 2 is 1.53 bits per heavy atom. The number of hydrogen-bond acceptors (Lipinski definition) is 7. The van der Waals surface area contributed by atoms with E-state index in [0.717, 1.165) is 5.92 Å². The fourth-order valence-electron chi connectivity index (χ4n) is 5.30. The standard InChI is InChI=1S/C30H50N6O7.C4H10.C3H8.CH4/c1-8-11-19(25(40)27(42)31-13-9-2)33-26(41)20-12-10-14-35(20)24(39)17-32-28(43)34-21(29(3,4)5)18-36-22(37)15-30(6,7)16-23(36)38;1-4(2)3;1-3-2;/h9,19-21,25,40H,2,8,10-18H2,1,3-7H3,(H,31,42)(H,33,41)(H2,32,34,43);4H,1-3H3;3H2,1-2H3;1H4. The Hall–Kier alpha value is -3.48. The van der Waals surface area contributed by atoms with Crippen molar-refractivity contribution in [2.75, 3.05) is 26.2 Å². The van der Waals surface area contributed by atoms with Gasteiger partial charge in [0.25, 0.3) is 5.91 Å². The van der Waals surface area contributed by atoms with Gasteiger partial charge in [-0.2, -0.15) is 0 Å². The molecule has 0 bridgehead atoms. The van der Waals surface area contributed by atoms with Crippen molar-refractivity contribution in [3.8, 4) is 0 Å². The van der Waals surface area contributed by atoms with Crippen LogP contribution in [0.25, 0.3) is 0 Å². The quantitative estimate of drug-likeness (QED) is 0.137. The van der Waals surface area contributed by atoms with Gasteiger partial charge in [-0.05, 0) is 36.0 Å². The molecule has 0 saturated carbocycles. The molecule has 2 fully saturated rings. The number of aliphatic hydroxyl groups excluding tert-OH is 1. The van der Waals surface area contributed by atoms with Gasteiger partial charge in [0, 0.05) is 32.5 Å². The molecule has 0 radical (unpaired) electrons. The number of imide groups is 1. The van der Waals surface area contributed by atoms with Crippen molar-refractivity contribution in [3.63, 3.8) is 0 Å². The molecule has 0 aromatic carbocycles. The second kappa shape index (κ2) is 23.9. The second-order valence-electron chi connectivity index (χ2n) is 15.7. The highest BCUT2D eigenvalue weighted by Gasteiger charge is 2.41. The third-order valence-corrected chi connectivity index (χ3v) is 7.85.